The fraction of sp³-hybridized carbons (Fsp3) is 0.0526. The predicted octanol–water partition coefficient (Wildman–Crippen LogP) is 3.89. The molecule has 0 aliphatic heterocycles. The largest absolute Gasteiger partial charge is 0.756 e. The molecule has 0 bridgehead atoms. The van der Waals surface area contributed by atoms with Gasteiger partial charge in [0.15, 0.2) is 0 Å². The summed E-state index contributed by atoms with van der Waals surface area (Å²) in [5.41, 5.74) is 3.22. The first-order valence-electron chi connectivity index (χ1n) is 7.27. The molecule has 0 aliphatic rings. The fourth-order valence-electron chi connectivity index (χ4n) is 2.31. The summed E-state index contributed by atoms with van der Waals surface area (Å²) in [4.78, 5) is 16.1. The van der Waals surface area contributed by atoms with Crippen LogP contribution < -0.4 is 0 Å². The number of amides is 1. The van der Waals surface area contributed by atoms with E-state index >= 15 is 0 Å². The van der Waals surface area contributed by atoms with Gasteiger partial charge in [-0.2, -0.15) is 0 Å². The van der Waals surface area contributed by atoms with E-state index in [4.69, 9.17) is 0 Å². The molecule has 4 nitrogen and oxygen atoms in total. The van der Waals surface area contributed by atoms with Crippen molar-refractivity contribution in [2.24, 2.45) is 0 Å². The average molecular weight is 303 g/mol. The van der Waals surface area contributed by atoms with Gasteiger partial charge in [0.2, 0.25) is 5.91 Å². The Balaban J connectivity index is 1.72. The lowest BCUT2D eigenvalue weighted by atomic mass is 10.0. The fourth-order valence-corrected chi connectivity index (χ4v) is 2.31. The first-order valence-corrected chi connectivity index (χ1v) is 7.27. The van der Waals surface area contributed by atoms with Crippen molar-refractivity contribution in [1.29, 1.82) is 0 Å². The van der Waals surface area contributed by atoms with Crippen molar-refractivity contribution in [3.63, 3.8) is 0 Å². The van der Waals surface area contributed by atoms with E-state index < -0.39 is 5.91 Å². The van der Waals surface area contributed by atoms with Gasteiger partial charge in [-0.3, -0.25) is 9.78 Å². The Morgan fingerprint density at radius 2 is 1.48 bits per heavy atom. The maximum absolute atomic E-state index is 12.2. The molecule has 0 atom stereocenters. The number of carbonyl (C=O) groups is 1. The lowest BCUT2D eigenvalue weighted by Gasteiger charge is -2.28. The monoisotopic (exact) mass is 303 g/mol. The summed E-state index contributed by atoms with van der Waals surface area (Å²) in [6.07, 6.45) is 3.20. The van der Waals surface area contributed by atoms with Crippen LogP contribution in [0.25, 0.3) is 11.1 Å². The summed E-state index contributed by atoms with van der Waals surface area (Å²) in [6, 6.07) is 20.4. The molecule has 0 spiro atoms. The second-order valence-corrected chi connectivity index (χ2v) is 5.14. The van der Waals surface area contributed by atoms with Crippen LogP contribution in [0.15, 0.2) is 79.1 Å². The topological polar surface area (TPSA) is 56.3 Å². The Morgan fingerprint density at radius 3 is 2.13 bits per heavy atom. The zero-order valence-corrected chi connectivity index (χ0v) is 12.4. The number of benzene rings is 2. The van der Waals surface area contributed by atoms with Crippen LogP contribution in [0.1, 0.15) is 15.9 Å². The van der Waals surface area contributed by atoms with Gasteiger partial charge in [0.1, 0.15) is 0 Å². The van der Waals surface area contributed by atoms with Crippen LogP contribution in [-0.2, 0) is 6.54 Å². The van der Waals surface area contributed by atoms with E-state index in [9.17, 15) is 10.0 Å². The zero-order chi connectivity index (χ0) is 16.1. The summed E-state index contributed by atoms with van der Waals surface area (Å²) < 4.78 is 0. The van der Waals surface area contributed by atoms with Gasteiger partial charge in [0.25, 0.3) is 0 Å². The second-order valence-electron chi connectivity index (χ2n) is 5.14. The van der Waals surface area contributed by atoms with E-state index in [0.717, 1.165) is 16.7 Å². The molecular formula is C19H15N2O2-. The molecule has 4 heteroatoms. The van der Waals surface area contributed by atoms with Crippen LogP contribution in [0.5, 0.6) is 0 Å². The van der Waals surface area contributed by atoms with Crippen molar-refractivity contribution in [2.75, 3.05) is 0 Å². The molecule has 2 aromatic carbocycles. The van der Waals surface area contributed by atoms with E-state index in [1.54, 1.807) is 36.7 Å². The van der Waals surface area contributed by atoms with Gasteiger partial charge in [-0.05, 0) is 41.0 Å². The van der Waals surface area contributed by atoms with E-state index in [0.29, 0.717) is 10.6 Å². The molecule has 114 valence electrons. The van der Waals surface area contributed by atoms with Crippen molar-refractivity contribution in [1.82, 2.24) is 10.0 Å². The van der Waals surface area contributed by atoms with Crippen LogP contribution >= 0.6 is 0 Å². The standard InChI is InChI=1S/C19H15N2O2/c22-19(21(23)14-15-10-12-20-13-11-15)18-8-6-17(7-9-18)16-4-2-1-3-5-16/h1-13H,14H2/q-1. The second kappa shape index (κ2) is 6.85. The smallest absolute Gasteiger partial charge is 0.243 e. The van der Waals surface area contributed by atoms with Crippen molar-refractivity contribution in [3.05, 3.63) is 95.5 Å². The first-order chi connectivity index (χ1) is 11.2. The number of nitrogens with zero attached hydrogens (tertiary/aromatic N) is 2. The molecule has 0 unspecified atom stereocenters. The highest BCUT2D eigenvalue weighted by Crippen LogP contribution is 2.20. The van der Waals surface area contributed by atoms with Crippen molar-refractivity contribution >= 4 is 5.91 Å². The molecule has 3 aromatic rings. The maximum Gasteiger partial charge on any atom is 0.243 e. The van der Waals surface area contributed by atoms with E-state index in [1.807, 2.05) is 42.5 Å². The minimum atomic E-state index is -0.540. The van der Waals surface area contributed by atoms with Gasteiger partial charge in [0.05, 0.1) is 0 Å². The van der Waals surface area contributed by atoms with Crippen LogP contribution in [-0.4, -0.2) is 16.0 Å². The van der Waals surface area contributed by atoms with Crippen molar-refractivity contribution < 1.29 is 4.79 Å². The van der Waals surface area contributed by atoms with E-state index in [-0.39, 0.29) is 6.54 Å². The number of rotatable bonds is 4. The molecule has 1 amide bonds. The van der Waals surface area contributed by atoms with Crippen LogP contribution in [0.3, 0.4) is 0 Å². The van der Waals surface area contributed by atoms with Crippen LogP contribution in [0, 0.1) is 5.21 Å². The molecule has 0 saturated carbocycles. The third-order valence-electron chi connectivity index (χ3n) is 3.54. The summed E-state index contributed by atoms with van der Waals surface area (Å²) >= 11 is 0. The molecule has 0 N–H and O–H groups in total. The van der Waals surface area contributed by atoms with Crippen molar-refractivity contribution in [3.8, 4) is 11.1 Å². The molecule has 3 rings (SSSR count). The maximum atomic E-state index is 12.2. The number of pyridine rings is 1. The minimum Gasteiger partial charge on any atom is -0.756 e. The van der Waals surface area contributed by atoms with Gasteiger partial charge in [-0.15, -0.1) is 0 Å². The van der Waals surface area contributed by atoms with Crippen molar-refractivity contribution in [2.45, 2.75) is 6.54 Å². The summed E-state index contributed by atoms with van der Waals surface area (Å²) in [5.74, 6) is -0.540. The Bertz CT molecular complexity index is 771. The quantitative estimate of drug-likeness (QED) is 0.687. The summed E-state index contributed by atoms with van der Waals surface area (Å²) in [7, 11) is 0. The highest BCUT2D eigenvalue weighted by atomic mass is 16.5. The van der Waals surface area contributed by atoms with Gasteiger partial charge in [-0.25, -0.2) is 0 Å². The Kier molecular flexibility index (Phi) is 4.45. The molecule has 0 saturated heterocycles. The molecule has 0 aliphatic carbocycles. The van der Waals surface area contributed by atoms with Gasteiger partial charge in [0, 0.05) is 24.5 Å². The molecule has 0 fully saturated rings. The third-order valence-corrected chi connectivity index (χ3v) is 3.54. The molecular weight excluding hydrogens is 288 g/mol. The third kappa shape index (κ3) is 3.62. The average Bonchev–Trinajstić information content (AvgIpc) is 2.63. The predicted molar refractivity (Wildman–Crippen MR) is 89.4 cm³/mol. The molecule has 0 radical (unpaired) electrons. The van der Waals surface area contributed by atoms with Crippen LogP contribution in [0.2, 0.25) is 0 Å². The summed E-state index contributed by atoms with van der Waals surface area (Å²) in [6.45, 7) is 0.0157. The Morgan fingerprint density at radius 1 is 0.870 bits per heavy atom. The SMILES string of the molecule is O=C(c1ccc(-c2ccccc2)cc1)N([O-])Cc1ccncc1. The van der Waals surface area contributed by atoms with Crippen LogP contribution in [0.4, 0.5) is 0 Å². The first kappa shape index (κ1) is 14.9. The van der Waals surface area contributed by atoms with E-state index in [2.05, 4.69) is 4.98 Å². The normalized spacial score (nSPS) is 10.3. The van der Waals surface area contributed by atoms with E-state index in [1.165, 1.54) is 0 Å². The molecule has 1 heterocycles. The highest BCUT2D eigenvalue weighted by Gasteiger charge is 2.08. The zero-order valence-electron chi connectivity index (χ0n) is 12.4. The lowest BCUT2D eigenvalue weighted by molar-refractivity contribution is 0.0814. The Hall–Kier alpha value is -2.98. The number of hydrogen-bond donors (Lipinski definition) is 0. The molecule has 23 heavy (non-hydrogen) atoms. The summed E-state index contributed by atoms with van der Waals surface area (Å²) in [5, 5.41) is 12.5. The minimum absolute atomic E-state index is 0.0157. The Labute approximate surface area is 134 Å². The highest BCUT2D eigenvalue weighted by molar-refractivity contribution is 5.95. The lowest BCUT2D eigenvalue weighted by Crippen LogP contribution is -2.24. The number of carbonyl (C=O) groups excluding carboxylic acids is 1. The number of aromatic nitrogens is 1. The van der Waals surface area contributed by atoms with Gasteiger partial charge in [-0.1, -0.05) is 42.5 Å². The number of hydrogen-bond acceptors (Lipinski definition) is 3. The number of hydroxylamine groups is 2. The molecule has 1 aromatic heterocycles. The van der Waals surface area contributed by atoms with Gasteiger partial charge < -0.3 is 10.3 Å². The van der Waals surface area contributed by atoms with Gasteiger partial charge >= 0.3 is 0 Å².